The van der Waals surface area contributed by atoms with Crippen LogP contribution in [0.4, 0.5) is 5.69 Å². The predicted molar refractivity (Wildman–Crippen MR) is 117 cm³/mol. The smallest absolute Gasteiger partial charge is 0.240 e. The molecule has 162 valence electrons. The van der Waals surface area contributed by atoms with Crippen LogP contribution in [0.1, 0.15) is 31.4 Å². The molecule has 1 amide bonds. The Balaban J connectivity index is 1.49. The number of rotatable bonds is 9. The molecule has 1 heterocycles. The number of nitrogens with zero attached hydrogens (tertiary/aromatic N) is 1. The van der Waals surface area contributed by atoms with Crippen molar-refractivity contribution in [2.75, 3.05) is 38.1 Å². The van der Waals surface area contributed by atoms with Crippen LogP contribution in [-0.4, -0.2) is 52.0 Å². The second-order valence-corrected chi connectivity index (χ2v) is 9.06. The van der Waals surface area contributed by atoms with Crippen molar-refractivity contribution in [3.05, 3.63) is 60.2 Å². The minimum atomic E-state index is -3.60. The Labute approximate surface area is 178 Å². The number of amides is 1. The van der Waals surface area contributed by atoms with Gasteiger partial charge in [0.1, 0.15) is 0 Å². The summed E-state index contributed by atoms with van der Waals surface area (Å²) in [6.07, 6.45) is 1.21. The van der Waals surface area contributed by atoms with Gasteiger partial charge in [-0.05, 0) is 36.2 Å². The molecule has 2 N–H and O–H groups in total. The Morgan fingerprint density at radius 1 is 1.13 bits per heavy atom. The number of carbonyl (C=O) groups excluding carboxylic acids is 1. The van der Waals surface area contributed by atoms with E-state index in [0.717, 1.165) is 25.1 Å². The van der Waals surface area contributed by atoms with Crippen LogP contribution in [0.2, 0.25) is 0 Å². The third kappa shape index (κ3) is 6.37. The van der Waals surface area contributed by atoms with Crippen LogP contribution in [-0.2, 0) is 19.6 Å². The highest BCUT2D eigenvalue weighted by atomic mass is 32.2. The summed E-state index contributed by atoms with van der Waals surface area (Å²) in [6.45, 7) is 4.99. The first-order valence-electron chi connectivity index (χ1n) is 10.3. The van der Waals surface area contributed by atoms with Gasteiger partial charge >= 0.3 is 0 Å². The predicted octanol–water partition coefficient (Wildman–Crippen LogP) is 2.78. The molecular weight excluding hydrogens is 402 g/mol. The average Bonchev–Trinajstić information content (AvgIpc) is 2.75. The summed E-state index contributed by atoms with van der Waals surface area (Å²) in [5, 5.41) is 2.75. The number of morpholine rings is 1. The number of benzene rings is 2. The number of nitrogens with one attached hydrogen (secondary N) is 2. The summed E-state index contributed by atoms with van der Waals surface area (Å²) in [7, 11) is -3.60. The molecule has 0 bridgehead atoms. The molecule has 1 aliphatic heterocycles. The van der Waals surface area contributed by atoms with Crippen molar-refractivity contribution in [1.29, 1.82) is 0 Å². The van der Waals surface area contributed by atoms with Crippen LogP contribution >= 0.6 is 0 Å². The Hall–Kier alpha value is -2.26. The Kier molecular flexibility index (Phi) is 7.98. The van der Waals surface area contributed by atoms with Gasteiger partial charge in [-0.25, -0.2) is 13.1 Å². The molecule has 8 heteroatoms. The van der Waals surface area contributed by atoms with Crippen molar-refractivity contribution < 1.29 is 17.9 Å². The van der Waals surface area contributed by atoms with Crippen LogP contribution in [0.25, 0.3) is 0 Å². The fourth-order valence-corrected chi connectivity index (χ4v) is 4.39. The molecular formula is C22H29N3O4S. The van der Waals surface area contributed by atoms with Crippen molar-refractivity contribution in [3.63, 3.8) is 0 Å². The Morgan fingerprint density at radius 2 is 1.87 bits per heavy atom. The summed E-state index contributed by atoms with van der Waals surface area (Å²) in [4.78, 5) is 14.0. The zero-order valence-corrected chi connectivity index (χ0v) is 18.0. The van der Waals surface area contributed by atoms with E-state index in [4.69, 9.17) is 4.74 Å². The highest BCUT2D eigenvalue weighted by Crippen LogP contribution is 2.21. The highest BCUT2D eigenvalue weighted by Gasteiger charge is 2.22. The molecule has 2 aromatic carbocycles. The first kappa shape index (κ1) is 22.4. The normalized spacial score (nSPS) is 17.6. The van der Waals surface area contributed by atoms with Gasteiger partial charge in [0.05, 0.1) is 17.6 Å². The van der Waals surface area contributed by atoms with Gasteiger partial charge in [-0.3, -0.25) is 9.69 Å². The fraction of sp³-hybridized carbons (Fsp3) is 0.409. The van der Waals surface area contributed by atoms with E-state index in [1.165, 1.54) is 12.1 Å². The van der Waals surface area contributed by atoms with E-state index >= 15 is 0 Å². The van der Waals surface area contributed by atoms with Crippen LogP contribution < -0.4 is 10.0 Å². The number of ether oxygens (including phenoxy) is 1. The summed E-state index contributed by atoms with van der Waals surface area (Å²) < 4.78 is 33.6. The van der Waals surface area contributed by atoms with E-state index in [9.17, 15) is 13.2 Å². The molecule has 0 spiro atoms. The maximum Gasteiger partial charge on any atom is 0.240 e. The monoisotopic (exact) mass is 431 g/mol. The molecule has 1 atom stereocenters. The van der Waals surface area contributed by atoms with Crippen LogP contribution in [0.3, 0.4) is 0 Å². The van der Waals surface area contributed by atoms with Crippen molar-refractivity contribution in [2.45, 2.75) is 30.8 Å². The minimum absolute atomic E-state index is 0.00650. The van der Waals surface area contributed by atoms with Gasteiger partial charge in [0.25, 0.3) is 0 Å². The van der Waals surface area contributed by atoms with E-state index in [2.05, 4.69) is 14.9 Å². The molecule has 7 nitrogen and oxygen atoms in total. The SMILES string of the molecule is CCCC(=O)Nc1ccc(S(=O)(=O)NCCN2CCOC(c3ccccc3)C2)cc1. The molecule has 3 rings (SSSR count). The van der Waals surface area contributed by atoms with E-state index in [0.29, 0.717) is 31.8 Å². The van der Waals surface area contributed by atoms with Gasteiger partial charge in [0.15, 0.2) is 0 Å². The minimum Gasteiger partial charge on any atom is -0.371 e. The standard InChI is InChI=1S/C22H29N3O4S/c1-2-6-22(26)24-19-9-11-20(12-10-19)30(27,28)23-13-14-25-15-16-29-21(17-25)18-7-4-3-5-8-18/h3-5,7-12,21,23H,2,6,13-17H2,1H3,(H,24,26). The van der Waals surface area contributed by atoms with Gasteiger partial charge in [0.2, 0.25) is 15.9 Å². The van der Waals surface area contributed by atoms with Crippen molar-refractivity contribution in [2.24, 2.45) is 0 Å². The molecule has 0 aromatic heterocycles. The molecule has 1 unspecified atom stereocenters. The maximum absolute atomic E-state index is 12.6. The quantitative estimate of drug-likeness (QED) is 0.638. The number of anilines is 1. The topological polar surface area (TPSA) is 87.7 Å². The molecule has 0 radical (unpaired) electrons. The summed E-state index contributed by atoms with van der Waals surface area (Å²) in [5.74, 6) is -0.0782. The first-order valence-corrected chi connectivity index (χ1v) is 11.7. The van der Waals surface area contributed by atoms with Crippen LogP contribution in [0, 0.1) is 0 Å². The van der Waals surface area contributed by atoms with Gasteiger partial charge in [-0.1, -0.05) is 37.3 Å². The molecule has 2 aromatic rings. The summed E-state index contributed by atoms with van der Waals surface area (Å²) in [6, 6.07) is 16.3. The molecule has 0 saturated carbocycles. The number of carbonyl (C=O) groups is 1. The molecule has 1 aliphatic rings. The zero-order valence-electron chi connectivity index (χ0n) is 17.2. The lowest BCUT2D eigenvalue weighted by molar-refractivity contribution is -0.116. The van der Waals surface area contributed by atoms with Crippen LogP contribution in [0.5, 0.6) is 0 Å². The third-order valence-corrected chi connectivity index (χ3v) is 6.44. The summed E-state index contributed by atoms with van der Waals surface area (Å²) >= 11 is 0. The van der Waals surface area contributed by atoms with Crippen molar-refractivity contribution >= 4 is 21.6 Å². The van der Waals surface area contributed by atoms with Crippen molar-refractivity contribution in [1.82, 2.24) is 9.62 Å². The highest BCUT2D eigenvalue weighted by molar-refractivity contribution is 7.89. The third-order valence-electron chi connectivity index (χ3n) is 4.97. The van der Waals surface area contributed by atoms with E-state index < -0.39 is 10.0 Å². The zero-order chi connectivity index (χ0) is 21.4. The van der Waals surface area contributed by atoms with Gasteiger partial charge in [-0.15, -0.1) is 0 Å². The van der Waals surface area contributed by atoms with E-state index in [1.807, 2.05) is 37.3 Å². The lowest BCUT2D eigenvalue weighted by Crippen LogP contribution is -2.42. The Morgan fingerprint density at radius 3 is 2.57 bits per heavy atom. The summed E-state index contributed by atoms with van der Waals surface area (Å²) in [5.41, 5.74) is 1.72. The average molecular weight is 432 g/mol. The number of hydrogen-bond acceptors (Lipinski definition) is 5. The molecule has 1 fully saturated rings. The van der Waals surface area contributed by atoms with Gasteiger partial charge in [-0.2, -0.15) is 0 Å². The van der Waals surface area contributed by atoms with E-state index in [1.54, 1.807) is 12.1 Å². The maximum atomic E-state index is 12.6. The Bertz CT molecular complexity index is 917. The van der Waals surface area contributed by atoms with E-state index in [-0.39, 0.29) is 16.9 Å². The fourth-order valence-electron chi connectivity index (χ4n) is 3.36. The second-order valence-electron chi connectivity index (χ2n) is 7.29. The lowest BCUT2D eigenvalue weighted by atomic mass is 10.1. The molecule has 0 aliphatic carbocycles. The number of hydrogen-bond donors (Lipinski definition) is 2. The second kappa shape index (κ2) is 10.7. The number of sulfonamides is 1. The first-order chi connectivity index (χ1) is 14.5. The lowest BCUT2D eigenvalue weighted by Gasteiger charge is -2.33. The largest absolute Gasteiger partial charge is 0.371 e. The molecule has 30 heavy (non-hydrogen) atoms. The van der Waals surface area contributed by atoms with Gasteiger partial charge in [0, 0.05) is 38.3 Å². The van der Waals surface area contributed by atoms with Gasteiger partial charge < -0.3 is 10.1 Å². The van der Waals surface area contributed by atoms with Crippen molar-refractivity contribution in [3.8, 4) is 0 Å². The molecule has 1 saturated heterocycles. The van der Waals surface area contributed by atoms with Crippen LogP contribution in [0.15, 0.2) is 59.5 Å².